The van der Waals surface area contributed by atoms with Crippen molar-refractivity contribution in [1.29, 1.82) is 0 Å². The number of hydrogen-bond donors (Lipinski definition) is 1. The Labute approximate surface area is 133 Å². The van der Waals surface area contributed by atoms with Crippen molar-refractivity contribution in [3.8, 4) is 0 Å². The summed E-state index contributed by atoms with van der Waals surface area (Å²) in [5.41, 5.74) is 0.128. The summed E-state index contributed by atoms with van der Waals surface area (Å²) in [5, 5.41) is 9.43. The number of halogens is 1. The highest BCUT2D eigenvalue weighted by molar-refractivity contribution is 7.93. The van der Waals surface area contributed by atoms with Crippen LogP contribution in [0.1, 0.15) is 6.92 Å². The van der Waals surface area contributed by atoms with Gasteiger partial charge in [0.05, 0.1) is 15.6 Å². The van der Waals surface area contributed by atoms with Gasteiger partial charge < -0.3 is 5.11 Å². The molecular formula is C15H14ClNO4S. The second-order valence-corrected chi connectivity index (χ2v) is 6.80. The maximum atomic E-state index is 12.8. The zero-order chi connectivity index (χ0) is 16.3. The molecule has 0 aromatic heterocycles. The van der Waals surface area contributed by atoms with Crippen molar-refractivity contribution < 1.29 is 18.3 Å². The lowest BCUT2D eigenvalue weighted by atomic mass is 10.2. The summed E-state index contributed by atoms with van der Waals surface area (Å²) in [4.78, 5) is 11.4. The van der Waals surface area contributed by atoms with Gasteiger partial charge in [-0.1, -0.05) is 41.9 Å². The molecule has 0 aliphatic rings. The number of carboxylic acid groups (broad SMARTS) is 1. The van der Waals surface area contributed by atoms with Crippen molar-refractivity contribution in [2.24, 2.45) is 0 Å². The SMILES string of the molecule is CC(C(=O)O)N(c1ccccc1Cl)S(=O)(=O)c1ccccc1. The topological polar surface area (TPSA) is 74.7 Å². The molecule has 0 aliphatic carbocycles. The lowest BCUT2D eigenvalue weighted by Crippen LogP contribution is -2.43. The average molecular weight is 340 g/mol. The predicted octanol–water partition coefficient (Wildman–Crippen LogP) is 3.01. The van der Waals surface area contributed by atoms with Crippen molar-refractivity contribution in [3.05, 3.63) is 59.6 Å². The second-order valence-electron chi connectivity index (χ2n) is 4.58. The average Bonchev–Trinajstić information content (AvgIpc) is 2.50. The first-order valence-corrected chi connectivity index (χ1v) is 8.24. The van der Waals surface area contributed by atoms with E-state index < -0.39 is 22.0 Å². The molecule has 0 heterocycles. The summed E-state index contributed by atoms with van der Waals surface area (Å²) >= 11 is 6.06. The minimum atomic E-state index is -4.05. The quantitative estimate of drug-likeness (QED) is 0.908. The summed E-state index contributed by atoms with van der Waals surface area (Å²) in [6, 6.07) is 12.6. The number of carboxylic acids is 1. The van der Waals surface area contributed by atoms with Crippen LogP contribution < -0.4 is 4.31 Å². The van der Waals surface area contributed by atoms with Gasteiger partial charge in [-0.2, -0.15) is 0 Å². The number of hydrogen-bond acceptors (Lipinski definition) is 3. The van der Waals surface area contributed by atoms with E-state index in [0.29, 0.717) is 0 Å². The summed E-state index contributed by atoms with van der Waals surface area (Å²) in [6.45, 7) is 1.30. The van der Waals surface area contributed by atoms with E-state index in [4.69, 9.17) is 11.6 Å². The fourth-order valence-corrected chi connectivity index (χ4v) is 3.91. The van der Waals surface area contributed by atoms with Crippen LogP contribution in [0.4, 0.5) is 5.69 Å². The number of benzene rings is 2. The van der Waals surface area contributed by atoms with Crippen molar-refractivity contribution in [2.75, 3.05) is 4.31 Å². The van der Waals surface area contributed by atoms with Crippen LogP contribution in [0.15, 0.2) is 59.5 Å². The summed E-state index contributed by atoms with van der Waals surface area (Å²) < 4.78 is 26.5. The molecule has 0 saturated carbocycles. The van der Waals surface area contributed by atoms with Crippen LogP contribution in [-0.2, 0) is 14.8 Å². The molecule has 1 atom stereocenters. The highest BCUT2D eigenvalue weighted by atomic mass is 35.5. The molecule has 22 heavy (non-hydrogen) atoms. The van der Waals surface area contributed by atoms with Gasteiger partial charge in [0.2, 0.25) is 0 Å². The Morgan fingerprint density at radius 3 is 2.18 bits per heavy atom. The van der Waals surface area contributed by atoms with Crippen LogP contribution in [-0.4, -0.2) is 25.5 Å². The first-order valence-electron chi connectivity index (χ1n) is 6.42. The van der Waals surface area contributed by atoms with Gasteiger partial charge in [0.25, 0.3) is 10.0 Å². The highest BCUT2D eigenvalue weighted by Gasteiger charge is 2.34. The van der Waals surface area contributed by atoms with Crippen molar-refractivity contribution in [3.63, 3.8) is 0 Å². The molecule has 0 aliphatic heterocycles. The van der Waals surface area contributed by atoms with Crippen LogP contribution >= 0.6 is 11.6 Å². The number of sulfonamides is 1. The number of anilines is 1. The van der Waals surface area contributed by atoms with E-state index in [1.165, 1.54) is 31.2 Å². The Kier molecular flexibility index (Phi) is 4.73. The second kappa shape index (κ2) is 6.37. The number of rotatable bonds is 5. The Hall–Kier alpha value is -2.05. The Morgan fingerprint density at radius 2 is 1.64 bits per heavy atom. The fourth-order valence-electron chi connectivity index (χ4n) is 1.98. The zero-order valence-electron chi connectivity index (χ0n) is 11.7. The molecule has 116 valence electrons. The van der Waals surface area contributed by atoms with E-state index in [2.05, 4.69) is 0 Å². The first kappa shape index (κ1) is 16.3. The standard InChI is InChI=1S/C15H14ClNO4S/c1-11(15(18)19)17(14-10-6-5-9-13(14)16)22(20,21)12-7-3-2-4-8-12/h2-11H,1H3,(H,18,19). The molecule has 0 fully saturated rings. The first-order chi connectivity index (χ1) is 10.4. The van der Waals surface area contributed by atoms with Gasteiger partial charge in [0.15, 0.2) is 0 Å². The third-order valence-electron chi connectivity index (χ3n) is 3.10. The largest absolute Gasteiger partial charge is 0.480 e. The smallest absolute Gasteiger partial charge is 0.327 e. The van der Waals surface area contributed by atoms with Crippen LogP contribution in [0, 0.1) is 0 Å². The molecule has 7 heteroatoms. The van der Waals surface area contributed by atoms with Gasteiger partial charge in [-0.3, -0.25) is 4.31 Å². The molecule has 0 saturated heterocycles. The van der Waals surface area contributed by atoms with E-state index in [1.807, 2.05) is 0 Å². The molecule has 1 unspecified atom stereocenters. The molecule has 2 aromatic carbocycles. The lowest BCUT2D eigenvalue weighted by Gasteiger charge is -2.28. The Morgan fingerprint density at radius 1 is 1.09 bits per heavy atom. The van der Waals surface area contributed by atoms with Gasteiger partial charge in [-0.25, -0.2) is 13.2 Å². The summed E-state index contributed by atoms with van der Waals surface area (Å²) in [7, 11) is -4.05. The van der Waals surface area contributed by atoms with Gasteiger partial charge in [0.1, 0.15) is 6.04 Å². The van der Waals surface area contributed by atoms with Crippen LogP contribution in [0.5, 0.6) is 0 Å². The Balaban J connectivity index is 2.65. The van der Waals surface area contributed by atoms with Gasteiger partial charge in [-0.15, -0.1) is 0 Å². The molecule has 0 spiro atoms. The minimum Gasteiger partial charge on any atom is -0.480 e. The normalized spacial score (nSPS) is 12.6. The lowest BCUT2D eigenvalue weighted by molar-refractivity contribution is -0.137. The summed E-state index contributed by atoms with van der Waals surface area (Å²) in [5.74, 6) is -1.26. The van der Waals surface area contributed by atoms with Gasteiger partial charge in [-0.05, 0) is 31.2 Å². The molecule has 0 amide bonds. The molecule has 0 bridgehead atoms. The van der Waals surface area contributed by atoms with E-state index in [-0.39, 0.29) is 15.6 Å². The Bertz CT molecular complexity index is 777. The van der Waals surface area contributed by atoms with Crippen molar-refractivity contribution in [1.82, 2.24) is 0 Å². The number of carbonyl (C=O) groups is 1. The van der Waals surface area contributed by atoms with E-state index in [1.54, 1.807) is 30.3 Å². The maximum Gasteiger partial charge on any atom is 0.327 e. The van der Waals surface area contributed by atoms with Crippen LogP contribution in [0.3, 0.4) is 0 Å². The van der Waals surface area contributed by atoms with Gasteiger partial charge >= 0.3 is 5.97 Å². The molecule has 0 radical (unpaired) electrons. The maximum absolute atomic E-state index is 12.8. The van der Waals surface area contributed by atoms with Crippen LogP contribution in [0.2, 0.25) is 5.02 Å². The monoisotopic (exact) mass is 339 g/mol. The predicted molar refractivity (Wildman–Crippen MR) is 84.7 cm³/mol. The van der Waals surface area contributed by atoms with E-state index >= 15 is 0 Å². The molecule has 2 rings (SSSR count). The zero-order valence-corrected chi connectivity index (χ0v) is 13.3. The third kappa shape index (κ3) is 3.08. The fraction of sp³-hybridized carbons (Fsp3) is 0.133. The van der Waals surface area contributed by atoms with E-state index in [9.17, 15) is 18.3 Å². The molecule has 2 aromatic rings. The van der Waals surface area contributed by atoms with E-state index in [0.717, 1.165) is 4.31 Å². The number of aliphatic carboxylic acids is 1. The highest BCUT2D eigenvalue weighted by Crippen LogP contribution is 2.32. The van der Waals surface area contributed by atoms with Gasteiger partial charge in [0, 0.05) is 0 Å². The minimum absolute atomic E-state index is 0.00280. The van der Waals surface area contributed by atoms with Crippen molar-refractivity contribution >= 4 is 33.3 Å². The molecular weight excluding hydrogens is 326 g/mol. The molecule has 1 N–H and O–H groups in total. The van der Waals surface area contributed by atoms with Crippen molar-refractivity contribution in [2.45, 2.75) is 17.9 Å². The molecule has 5 nitrogen and oxygen atoms in total. The number of nitrogens with zero attached hydrogens (tertiary/aromatic N) is 1. The third-order valence-corrected chi connectivity index (χ3v) is 5.32. The number of para-hydroxylation sites is 1. The van der Waals surface area contributed by atoms with Crippen LogP contribution in [0.25, 0.3) is 0 Å². The summed E-state index contributed by atoms with van der Waals surface area (Å²) in [6.07, 6.45) is 0.